The van der Waals surface area contributed by atoms with E-state index in [1.807, 2.05) is 13.0 Å². The van der Waals surface area contributed by atoms with Crippen molar-refractivity contribution in [3.05, 3.63) is 64.9 Å². The van der Waals surface area contributed by atoms with E-state index < -0.39 is 10.0 Å². The van der Waals surface area contributed by atoms with Crippen LogP contribution < -0.4 is 9.62 Å². The van der Waals surface area contributed by atoms with E-state index in [0.717, 1.165) is 23.3 Å². The Morgan fingerprint density at radius 1 is 1.22 bits per heavy atom. The van der Waals surface area contributed by atoms with Gasteiger partial charge in [-0.15, -0.1) is 11.3 Å². The van der Waals surface area contributed by atoms with Gasteiger partial charge in [0.1, 0.15) is 4.21 Å². The molecule has 27 heavy (non-hydrogen) atoms. The minimum Gasteiger partial charge on any atom is -0.459 e. The van der Waals surface area contributed by atoms with Crippen LogP contribution in [0.3, 0.4) is 0 Å². The van der Waals surface area contributed by atoms with E-state index >= 15 is 0 Å². The van der Waals surface area contributed by atoms with Gasteiger partial charge >= 0.3 is 0 Å². The molecule has 1 N–H and O–H groups in total. The number of hydrogen-bond donors (Lipinski definition) is 1. The monoisotopic (exact) mass is 402 g/mol. The number of nitrogens with one attached hydrogen (secondary N) is 1. The van der Waals surface area contributed by atoms with E-state index in [1.165, 1.54) is 17.6 Å². The van der Waals surface area contributed by atoms with E-state index in [2.05, 4.69) is 4.72 Å². The molecule has 0 unspecified atom stereocenters. The van der Waals surface area contributed by atoms with Crippen molar-refractivity contribution in [1.29, 1.82) is 0 Å². The summed E-state index contributed by atoms with van der Waals surface area (Å²) in [6, 6.07) is 12.0. The molecule has 6 nitrogen and oxygen atoms in total. The van der Waals surface area contributed by atoms with Crippen LogP contribution >= 0.6 is 11.3 Å². The summed E-state index contributed by atoms with van der Waals surface area (Å²) in [5.41, 5.74) is 2.15. The molecule has 0 saturated heterocycles. The molecular weight excluding hydrogens is 384 g/mol. The van der Waals surface area contributed by atoms with Crippen LogP contribution in [0.25, 0.3) is 0 Å². The third kappa shape index (κ3) is 3.50. The molecule has 1 aromatic carbocycles. The number of amides is 1. The average molecular weight is 402 g/mol. The Kier molecular flexibility index (Phi) is 4.53. The van der Waals surface area contributed by atoms with E-state index in [-0.39, 0.29) is 15.9 Å². The van der Waals surface area contributed by atoms with Gasteiger partial charge in [-0.1, -0.05) is 6.07 Å². The van der Waals surface area contributed by atoms with Crippen LogP contribution in [0.15, 0.2) is 57.4 Å². The molecule has 0 saturated carbocycles. The number of fused-ring (bicyclic) bond motifs is 1. The topological polar surface area (TPSA) is 79.6 Å². The number of carbonyl (C=O) groups excluding carboxylic acids is 1. The van der Waals surface area contributed by atoms with Crippen LogP contribution in [0.1, 0.15) is 27.4 Å². The fraction of sp³-hybridized carbons (Fsp3) is 0.211. The third-order valence-corrected chi connectivity index (χ3v) is 7.29. The van der Waals surface area contributed by atoms with Crippen LogP contribution in [-0.4, -0.2) is 20.9 Å². The fourth-order valence-corrected chi connectivity index (χ4v) is 5.48. The zero-order chi connectivity index (χ0) is 19.0. The molecule has 0 radical (unpaired) electrons. The molecule has 3 heterocycles. The highest BCUT2D eigenvalue weighted by Gasteiger charge is 2.26. The van der Waals surface area contributed by atoms with Gasteiger partial charge in [0.2, 0.25) is 0 Å². The summed E-state index contributed by atoms with van der Waals surface area (Å²) in [5.74, 6) is 0.0396. The summed E-state index contributed by atoms with van der Waals surface area (Å²) in [5, 5.41) is 0. The molecule has 0 spiro atoms. The molecule has 1 aliphatic rings. The summed E-state index contributed by atoms with van der Waals surface area (Å²) < 4.78 is 33.3. The lowest BCUT2D eigenvalue weighted by atomic mass is 10.0. The maximum absolute atomic E-state index is 12.7. The molecule has 0 aliphatic carbocycles. The number of aryl methyl sites for hydroxylation is 2. The lowest BCUT2D eigenvalue weighted by Gasteiger charge is -2.29. The number of thiophene rings is 1. The standard InChI is InChI=1S/C19H18N2O4S2/c1-13-6-9-18(26-13)27(23,24)20-15-8-7-14-4-2-10-21(16(14)12-15)19(22)17-5-3-11-25-17/h3,5-9,11-12,20H,2,4,10H2,1H3. The van der Waals surface area contributed by atoms with Crippen LogP contribution in [0.4, 0.5) is 11.4 Å². The first-order valence-corrected chi connectivity index (χ1v) is 10.8. The smallest absolute Gasteiger partial charge is 0.293 e. The first kappa shape index (κ1) is 17.8. The van der Waals surface area contributed by atoms with E-state index in [1.54, 1.807) is 41.3 Å². The fourth-order valence-electron chi connectivity index (χ4n) is 3.14. The van der Waals surface area contributed by atoms with Crippen LogP contribution in [0.2, 0.25) is 0 Å². The molecule has 1 aliphatic heterocycles. The second-order valence-corrected chi connectivity index (χ2v) is 9.55. The summed E-state index contributed by atoms with van der Waals surface area (Å²) in [6.07, 6.45) is 3.15. The van der Waals surface area contributed by atoms with Crippen molar-refractivity contribution in [3.8, 4) is 0 Å². The maximum Gasteiger partial charge on any atom is 0.293 e. The van der Waals surface area contributed by atoms with Gasteiger partial charge in [0.25, 0.3) is 15.9 Å². The summed E-state index contributed by atoms with van der Waals surface area (Å²) in [7, 11) is -3.65. The van der Waals surface area contributed by atoms with Crippen LogP contribution in [0.5, 0.6) is 0 Å². The molecule has 0 bridgehead atoms. The first-order chi connectivity index (χ1) is 12.9. The number of sulfonamides is 1. The Morgan fingerprint density at radius 3 is 2.78 bits per heavy atom. The second-order valence-electron chi connectivity index (χ2n) is 6.35. The molecule has 8 heteroatoms. The Balaban J connectivity index is 1.66. The molecule has 2 aromatic heterocycles. The van der Waals surface area contributed by atoms with Gasteiger partial charge in [-0.05, 0) is 61.7 Å². The van der Waals surface area contributed by atoms with Gasteiger partial charge in [-0.25, -0.2) is 8.42 Å². The quantitative estimate of drug-likeness (QED) is 0.714. The minimum absolute atomic E-state index is 0.227. The number of carbonyl (C=O) groups is 1. The highest BCUT2D eigenvalue weighted by Crippen LogP contribution is 2.32. The highest BCUT2D eigenvalue weighted by atomic mass is 32.2. The molecule has 1 amide bonds. The third-order valence-electron chi connectivity index (χ3n) is 4.41. The zero-order valence-electron chi connectivity index (χ0n) is 14.6. The summed E-state index contributed by atoms with van der Waals surface area (Å²) in [4.78, 5) is 15.3. The van der Waals surface area contributed by atoms with E-state index in [4.69, 9.17) is 4.42 Å². The van der Waals surface area contributed by atoms with E-state index in [0.29, 0.717) is 17.9 Å². The van der Waals surface area contributed by atoms with Gasteiger partial charge in [-0.3, -0.25) is 9.52 Å². The Labute approximate surface area is 161 Å². The van der Waals surface area contributed by atoms with Crippen molar-refractivity contribution in [2.45, 2.75) is 24.0 Å². The Bertz CT molecular complexity index is 1080. The number of hydrogen-bond acceptors (Lipinski definition) is 5. The zero-order valence-corrected chi connectivity index (χ0v) is 16.3. The van der Waals surface area contributed by atoms with Crippen molar-refractivity contribution in [2.24, 2.45) is 0 Å². The van der Waals surface area contributed by atoms with Crippen molar-refractivity contribution in [2.75, 3.05) is 16.2 Å². The lowest BCUT2D eigenvalue weighted by Crippen LogP contribution is -2.35. The Morgan fingerprint density at radius 2 is 2.07 bits per heavy atom. The van der Waals surface area contributed by atoms with Gasteiger partial charge in [0, 0.05) is 17.1 Å². The molecule has 4 rings (SSSR count). The van der Waals surface area contributed by atoms with Crippen molar-refractivity contribution in [1.82, 2.24) is 0 Å². The summed E-state index contributed by atoms with van der Waals surface area (Å²) >= 11 is 1.22. The number of furan rings is 1. The van der Waals surface area contributed by atoms with Gasteiger partial charge < -0.3 is 9.32 Å². The number of anilines is 2. The Hall–Kier alpha value is -2.58. The lowest BCUT2D eigenvalue weighted by molar-refractivity contribution is 0.0958. The SMILES string of the molecule is Cc1ccc(S(=O)(=O)Nc2ccc3c(c2)N(C(=O)c2ccco2)CCC3)s1. The molecule has 0 fully saturated rings. The van der Waals surface area contributed by atoms with E-state index in [9.17, 15) is 13.2 Å². The van der Waals surface area contributed by atoms with Gasteiger partial charge in [0.15, 0.2) is 5.76 Å². The minimum atomic E-state index is -3.65. The van der Waals surface area contributed by atoms with Crippen molar-refractivity contribution in [3.63, 3.8) is 0 Å². The molecule has 0 atom stereocenters. The van der Waals surface area contributed by atoms with Gasteiger partial charge in [-0.2, -0.15) is 0 Å². The highest BCUT2D eigenvalue weighted by molar-refractivity contribution is 7.94. The second kappa shape index (κ2) is 6.86. The largest absolute Gasteiger partial charge is 0.459 e. The van der Waals surface area contributed by atoms with Crippen LogP contribution in [0, 0.1) is 6.92 Å². The molecule has 3 aromatic rings. The number of rotatable bonds is 4. The van der Waals surface area contributed by atoms with Crippen LogP contribution in [-0.2, 0) is 16.4 Å². The van der Waals surface area contributed by atoms with Gasteiger partial charge in [0.05, 0.1) is 12.0 Å². The normalized spacial score (nSPS) is 14.0. The maximum atomic E-state index is 12.7. The average Bonchev–Trinajstić information content (AvgIpc) is 3.32. The molecule has 140 valence electrons. The van der Waals surface area contributed by atoms with Crippen molar-refractivity contribution >= 4 is 38.6 Å². The molecular formula is C19H18N2O4S2. The van der Waals surface area contributed by atoms with Crippen molar-refractivity contribution < 1.29 is 17.6 Å². The predicted octanol–water partition coefficient (Wildman–Crippen LogP) is 4.04. The first-order valence-electron chi connectivity index (χ1n) is 8.51. The number of benzene rings is 1. The number of nitrogens with zero attached hydrogens (tertiary/aromatic N) is 1. The predicted molar refractivity (Wildman–Crippen MR) is 105 cm³/mol. The summed E-state index contributed by atoms with van der Waals surface area (Å²) in [6.45, 7) is 2.42.